The van der Waals surface area contributed by atoms with E-state index in [1.54, 1.807) is 0 Å². The third-order valence-corrected chi connectivity index (χ3v) is 7.82. The van der Waals surface area contributed by atoms with Gasteiger partial charge in [0.15, 0.2) is 6.20 Å². The smallest absolute Gasteiger partial charge is 0.200 e. The minimum Gasteiger partial charge on any atom is -0.200 e. The first kappa shape index (κ1) is 22.4. The van der Waals surface area contributed by atoms with Crippen LogP contribution in [0, 0.1) is 6.92 Å². The van der Waals surface area contributed by atoms with Crippen LogP contribution in [0.5, 0.6) is 0 Å². The van der Waals surface area contributed by atoms with Crippen LogP contribution in [0.15, 0.2) is 134 Å². The van der Waals surface area contributed by atoms with Crippen LogP contribution in [0.25, 0.3) is 66.9 Å². The molecule has 1 heterocycles. The summed E-state index contributed by atoms with van der Waals surface area (Å²) in [5, 5.41) is 0. The summed E-state index contributed by atoms with van der Waals surface area (Å²) < 4.78 is 2.26. The molecule has 0 saturated carbocycles. The van der Waals surface area contributed by atoms with Crippen molar-refractivity contribution in [1.82, 2.24) is 0 Å². The van der Waals surface area contributed by atoms with E-state index >= 15 is 0 Å². The fourth-order valence-electron chi connectivity index (χ4n) is 5.98. The van der Waals surface area contributed by atoms with Crippen molar-refractivity contribution >= 4 is 0 Å². The average Bonchev–Trinajstić information content (AvgIpc) is 2.97. The van der Waals surface area contributed by atoms with E-state index in [9.17, 15) is 0 Å². The lowest BCUT2D eigenvalue weighted by Gasteiger charge is -2.24. The topological polar surface area (TPSA) is 3.88 Å². The molecule has 1 aliphatic rings. The maximum atomic E-state index is 2.41. The fraction of sp³-hybridized carbons (Fsp3) is 0.0541. The third kappa shape index (κ3) is 3.59. The van der Waals surface area contributed by atoms with Gasteiger partial charge in [-0.25, -0.2) is 4.57 Å². The van der Waals surface area contributed by atoms with E-state index in [0.29, 0.717) is 0 Å². The molecule has 0 saturated heterocycles. The van der Waals surface area contributed by atoms with E-state index in [1.165, 1.54) is 72.5 Å². The Balaban J connectivity index is 1.49. The van der Waals surface area contributed by atoms with Crippen molar-refractivity contribution in [3.63, 3.8) is 0 Å². The second kappa shape index (κ2) is 8.97. The maximum Gasteiger partial charge on any atom is 0.212 e. The highest BCUT2D eigenvalue weighted by Gasteiger charge is 2.24. The molecule has 0 radical (unpaired) electrons. The molecule has 38 heavy (non-hydrogen) atoms. The summed E-state index contributed by atoms with van der Waals surface area (Å²) in [5.74, 6) is 0. The first-order valence-corrected chi connectivity index (χ1v) is 13.2. The largest absolute Gasteiger partial charge is 0.212 e. The van der Waals surface area contributed by atoms with Gasteiger partial charge in [0.1, 0.15) is 7.05 Å². The lowest BCUT2D eigenvalue weighted by Crippen LogP contribution is -2.30. The SMILES string of the molecule is Cc1cc2c(cc1-c1ccc(-c3ccccc3)c[n+]1C)-c1ccccc1-c1ccccc1-c1ccccc1-2. The van der Waals surface area contributed by atoms with Gasteiger partial charge >= 0.3 is 0 Å². The second-order valence-corrected chi connectivity index (χ2v) is 10.1. The maximum absolute atomic E-state index is 2.41. The van der Waals surface area contributed by atoms with Crippen LogP contribution in [0.4, 0.5) is 0 Å². The Kier molecular flexibility index (Phi) is 5.30. The number of benzene rings is 5. The highest BCUT2D eigenvalue weighted by atomic mass is 14.9. The molecule has 0 atom stereocenters. The number of hydrogen-bond donors (Lipinski definition) is 0. The van der Waals surface area contributed by atoms with Crippen LogP contribution in [0.1, 0.15) is 5.56 Å². The van der Waals surface area contributed by atoms with Crippen molar-refractivity contribution in [3.05, 3.63) is 139 Å². The molecule has 1 heteroatoms. The molecule has 1 aliphatic carbocycles. The molecule has 0 unspecified atom stereocenters. The molecule has 1 aromatic heterocycles. The van der Waals surface area contributed by atoms with Gasteiger partial charge in [0, 0.05) is 17.2 Å². The Labute approximate surface area is 224 Å². The van der Waals surface area contributed by atoms with Crippen LogP contribution >= 0.6 is 0 Å². The molecule has 0 N–H and O–H groups in total. The summed E-state index contributed by atoms with van der Waals surface area (Å²) in [7, 11) is 2.15. The highest BCUT2D eigenvalue weighted by Crippen LogP contribution is 2.48. The van der Waals surface area contributed by atoms with Crippen LogP contribution in [0.3, 0.4) is 0 Å². The first-order chi connectivity index (χ1) is 18.7. The van der Waals surface area contributed by atoms with Gasteiger partial charge in [0.25, 0.3) is 0 Å². The standard InChI is InChI=1S/C37H28N/c1-25-22-35-32-18-10-8-16-30(32)28-14-6-7-15-29(28)31-17-9-11-19-33(31)36(35)23-34(25)37-21-20-27(24-38(37)2)26-12-4-3-5-13-26/h3-24H,1-2H3/q+1. The highest BCUT2D eigenvalue weighted by molar-refractivity contribution is 6.04. The number of nitrogens with zero attached hydrogens (tertiary/aromatic N) is 1. The summed E-state index contributed by atoms with van der Waals surface area (Å²) in [6.07, 6.45) is 2.24. The minimum atomic E-state index is 1.21. The number of pyridine rings is 1. The van der Waals surface area contributed by atoms with E-state index in [2.05, 4.69) is 152 Å². The quantitative estimate of drug-likeness (QED) is 0.215. The first-order valence-electron chi connectivity index (χ1n) is 13.2. The van der Waals surface area contributed by atoms with Gasteiger partial charge in [-0.05, 0) is 80.8 Å². The number of rotatable bonds is 2. The van der Waals surface area contributed by atoms with Crippen molar-refractivity contribution in [2.45, 2.75) is 6.92 Å². The molecule has 0 bridgehead atoms. The lowest BCUT2D eigenvalue weighted by molar-refractivity contribution is -0.659. The predicted octanol–water partition coefficient (Wildman–Crippen LogP) is 9.13. The molecular weight excluding hydrogens is 458 g/mol. The van der Waals surface area contributed by atoms with Crippen molar-refractivity contribution < 1.29 is 4.57 Å². The zero-order chi connectivity index (χ0) is 25.6. The summed E-state index contributed by atoms with van der Waals surface area (Å²) in [4.78, 5) is 0. The van der Waals surface area contributed by atoms with Gasteiger partial charge in [-0.2, -0.15) is 0 Å². The third-order valence-electron chi connectivity index (χ3n) is 7.82. The number of hydrogen-bond acceptors (Lipinski definition) is 0. The Morgan fingerprint density at radius 3 is 1.34 bits per heavy atom. The van der Waals surface area contributed by atoms with Crippen molar-refractivity contribution in [1.29, 1.82) is 0 Å². The monoisotopic (exact) mass is 486 g/mol. The van der Waals surface area contributed by atoms with E-state index in [1.807, 2.05) is 0 Å². The number of fused-ring (bicyclic) bond motifs is 8. The fourth-order valence-corrected chi connectivity index (χ4v) is 5.98. The van der Waals surface area contributed by atoms with Crippen LogP contribution in [0.2, 0.25) is 0 Å². The van der Waals surface area contributed by atoms with E-state index in [-0.39, 0.29) is 0 Å². The molecule has 0 amide bonds. The lowest BCUT2D eigenvalue weighted by atomic mass is 9.79. The van der Waals surface area contributed by atoms with E-state index in [4.69, 9.17) is 0 Å². The average molecular weight is 487 g/mol. The minimum absolute atomic E-state index is 1.21. The second-order valence-electron chi connectivity index (χ2n) is 10.1. The number of aromatic nitrogens is 1. The summed E-state index contributed by atoms with van der Waals surface area (Å²) in [5.41, 5.74) is 16.4. The molecule has 6 aromatic rings. The molecule has 180 valence electrons. The summed E-state index contributed by atoms with van der Waals surface area (Å²) in [6.45, 7) is 2.24. The van der Waals surface area contributed by atoms with E-state index in [0.717, 1.165) is 0 Å². The molecule has 0 aliphatic heterocycles. The zero-order valence-corrected chi connectivity index (χ0v) is 21.6. The molecule has 5 aromatic carbocycles. The van der Waals surface area contributed by atoms with Crippen LogP contribution in [-0.4, -0.2) is 0 Å². The van der Waals surface area contributed by atoms with Crippen molar-refractivity contribution in [2.24, 2.45) is 7.05 Å². The van der Waals surface area contributed by atoms with Gasteiger partial charge < -0.3 is 0 Å². The van der Waals surface area contributed by atoms with Gasteiger partial charge in [0.2, 0.25) is 5.69 Å². The van der Waals surface area contributed by atoms with Crippen molar-refractivity contribution in [3.8, 4) is 66.9 Å². The van der Waals surface area contributed by atoms with E-state index < -0.39 is 0 Å². The van der Waals surface area contributed by atoms with Crippen LogP contribution < -0.4 is 4.57 Å². The Bertz CT molecular complexity index is 1830. The van der Waals surface area contributed by atoms with Crippen LogP contribution in [-0.2, 0) is 7.05 Å². The predicted molar refractivity (Wildman–Crippen MR) is 159 cm³/mol. The summed E-state index contributed by atoms with van der Waals surface area (Å²) >= 11 is 0. The van der Waals surface area contributed by atoms with Crippen molar-refractivity contribution in [2.75, 3.05) is 0 Å². The zero-order valence-electron chi connectivity index (χ0n) is 21.6. The van der Waals surface area contributed by atoms with Gasteiger partial charge in [0.05, 0.1) is 0 Å². The van der Waals surface area contributed by atoms with Gasteiger partial charge in [-0.15, -0.1) is 0 Å². The molecule has 1 nitrogen and oxygen atoms in total. The Hall–Kier alpha value is -4.75. The summed E-state index contributed by atoms with van der Waals surface area (Å²) in [6, 6.07) is 46.4. The molecule has 0 fully saturated rings. The van der Waals surface area contributed by atoms with Gasteiger partial charge in [-0.1, -0.05) is 103 Å². The van der Waals surface area contributed by atoms with Gasteiger partial charge in [-0.3, -0.25) is 0 Å². The normalized spacial score (nSPS) is 11.4. The molecule has 0 spiro atoms. The molecular formula is C37H28N+. The molecule has 7 rings (SSSR count). The Morgan fingerprint density at radius 2 is 0.842 bits per heavy atom. The Morgan fingerprint density at radius 1 is 0.395 bits per heavy atom. The number of aryl methyl sites for hydroxylation is 2.